The van der Waals surface area contributed by atoms with E-state index in [1.165, 1.54) is 0 Å². The molecule has 6 nitrogen and oxygen atoms in total. The number of halogens is 1. The number of hydrogen-bond donors (Lipinski definition) is 3. The van der Waals surface area contributed by atoms with E-state index < -0.39 is 0 Å². The van der Waals surface area contributed by atoms with E-state index in [2.05, 4.69) is 20.9 Å². The summed E-state index contributed by atoms with van der Waals surface area (Å²) in [5.74, 6) is 0.391. The van der Waals surface area contributed by atoms with Crippen molar-refractivity contribution in [3.05, 3.63) is 96.4 Å². The Labute approximate surface area is 213 Å². The summed E-state index contributed by atoms with van der Waals surface area (Å²) in [6.07, 6.45) is 1.65. The molecule has 168 valence electrons. The summed E-state index contributed by atoms with van der Waals surface area (Å²) < 4.78 is 5.58. The molecule has 0 saturated heterocycles. The van der Waals surface area contributed by atoms with Crippen LogP contribution >= 0.6 is 35.3 Å². The molecule has 0 radical (unpaired) electrons. The average molecular weight is 570 g/mol. The maximum atomic E-state index is 12.2. The van der Waals surface area contributed by atoms with Crippen LogP contribution in [0.15, 0.2) is 101 Å². The van der Waals surface area contributed by atoms with Gasteiger partial charge in [0, 0.05) is 22.7 Å². The molecule has 1 heterocycles. The topological polar surface area (TPSA) is 74.8 Å². The van der Waals surface area contributed by atoms with Crippen LogP contribution in [-0.2, 0) is 4.79 Å². The van der Waals surface area contributed by atoms with Gasteiger partial charge >= 0.3 is 0 Å². The van der Waals surface area contributed by atoms with Gasteiger partial charge in [0.05, 0.1) is 6.34 Å². The number of benzene rings is 3. The van der Waals surface area contributed by atoms with Gasteiger partial charge in [0.25, 0.3) is 5.91 Å². The van der Waals surface area contributed by atoms with Gasteiger partial charge in [-0.05, 0) is 78.2 Å². The number of aliphatic imine (C=N–C) groups is 1. The Morgan fingerprint density at radius 3 is 2.18 bits per heavy atom. The van der Waals surface area contributed by atoms with Gasteiger partial charge in [-0.25, -0.2) is 4.99 Å². The monoisotopic (exact) mass is 570 g/mol. The Morgan fingerprint density at radius 2 is 1.48 bits per heavy atom. The van der Waals surface area contributed by atoms with Crippen molar-refractivity contribution in [3.63, 3.8) is 0 Å². The normalized spacial score (nSPS) is 10.3. The smallest absolute Gasteiger partial charge is 0.262 e. The Hall–Kier alpha value is -3.37. The molecular weight excluding hydrogens is 547 g/mol. The molecule has 0 unspecified atom stereocenters. The number of anilines is 4. The van der Waals surface area contributed by atoms with Gasteiger partial charge in [-0.1, -0.05) is 18.2 Å². The van der Waals surface area contributed by atoms with Gasteiger partial charge in [0.15, 0.2) is 6.61 Å². The van der Waals surface area contributed by atoms with E-state index in [-0.39, 0.29) is 36.5 Å². The second-order valence-corrected chi connectivity index (χ2v) is 7.71. The number of amides is 1. The number of nitrogens with one attached hydrogen (secondary N) is 3. The number of para-hydroxylation sites is 1. The zero-order valence-corrected chi connectivity index (χ0v) is 20.7. The SMILES string of the molecule is I.O=C(COc1ccc(N/C=N/c2cccs2)cc1)Nc1ccc(Nc2ccccc2)cc1. The molecule has 33 heavy (non-hydrogen) atoms. The highest BCUT2D eigenvalue weighted by molar-refractivity contribution is 14.0. The molecule has 8 heteroatoms. The third kappa shape index (κ3) is 7.92. The lowest BCUT2D eigenvalue weighted by atomic mass is 10.2. The highest BCUT2D eigenvalue weighted by Crippen LogP contribution is 2.20. The van der Waals surface area contributed by atoms with Crippen LogP contribution in [0.25, 0.3) is 0 Å². The molecule has 3 N–H and O–H groups in total. The minimum atomic E-state index is -0.223. The largest absolute Gasteiger partial charge is 0.484 e. The van der Waals surface area contributed by atoms with E-state index >= 15 is 0 Å². The standard InChI is InChI=1S/C25H22N4O2S.HI/c30-24(29-22-10-8-21(9-11-22)28-20-5-2-1-3-6-20)17-31-23-14-12-19(13-15-23)26-18-27-25-7-4-16-32-25;/h1-16,18,28H,17H2,(H,26,27)(H,29,30);1H. The maximum Gasteiger partial charge on any atom is 0.262 e. The number of hydrogen-bond acceptors (Lipinski definition) is 5. The minimum absolute atomic E-state index is 0. The van der Waals surface area contributed by atoms with Crippen molar-refractivity contribution in [2.24, 2.45) is 4.99 Å². The lowest BCUT2D eigenvalue weighted by molar-refractivity contribution is -0.118. The van der Waals surface area contributed by atoms with E-state index in [0.29, 0.717) is 11.4 Å². The summed E-state index contributed by atoms with van der Waals surface area (Å²) in [5, 5.41) is 12.2. The molecule has 1 amide bonds. The van der Waals surface area contributed by atoms with Gasteiger partial charge in [-0.3, -0.25) is 4.79 Å². The summed E-state index contributed by atoms with van der Waals surface area (Å²) in [6.45, 7) is -0.0728. The van der Waals surface area contributed by atoms with E-state index in [1.807, 2.05) is 84.2 Å². The number of rotatable bonds is 9. The molecule has 0 saturated carbocycles. The molecule has 1 aromatic heterocycles. The molecule has 0 spiro atoms. The van der Waals surface area contributed by atoms with Crippen molar-refractivity contribution in [2.45, 2.75) is 0 Å². The van der Waals surface area contributed by atoms with Crippen LogP contribution < -0.4 is 20.7 Å². The van der Waals surface area contributed by atoms with Crippen LogP contribution in [0.2, 0.25) is 0 Å². The molecule has 4 aromatic rings. The fourth-order valence-electron chi connectivity index (χ4n) is 2.83. The van der Waals surface area contributed by atoms with Crippen molar-refractivity contribution in [1.82, 2.24) is 0 Å². The number of carbonyl (C=O) groups excluding carboxylic acids is 1. The summed E-state index contributed by atoms with van der Waals surface area (Å²) in [6, 6.07) is 28.7. The summed E-state index contributed by atoms with van der Waals surface area (Å²) in [7, 11) is 0. The number of ether oxygens (including phenoxy) is 1. The first-order valence-electron chi connectivity index (χ1n) is 10.0. The van der Waals surface area contributed by atoms with Crippen LogP contribution in [0.4, 0.5) is 27.8 Å². The number of carbonyl (C=O) groups is 1. The molecule has 0 fully saturated rings. The van der Waals surface area contributed by atoms with Gasteiger partial charge in [0.1, 0.15) is 10.8 Å². The van der Waals surface area contributed by atoms with Crippen molar-refractivity contribution in [3.8, 4) is 5.75 Å². The maximum absolute atomic E-state index is 12.2. The molecule has 0 aliphatic carbocycles. The third-order valence-electron chi connectivity index (χ3n) is 4.38. The van der Waals surface area contributed by atoms with Crippen molar-refractivity contribution >= 4 is 75.3 Å². The Bertz CT molecular complexity index is 1150. The van der Waals surface area contributed by atoms with Crippen molar-refractivity contribution in [2.75, 3.05) is 22.6 Å². The molecule has 3 aromatic carbocycles. The Kier molecular flexibility index (Phi) is 9.28. The predicted octanol–water partition coefficient (Wildman–Crippen LogP) is 6.90. The van der Waals surface area contributed by atoms with E-state index in [1.54, 1.807) is 29.8 Å². The zero-order valence-electron chi connectivity index (χ0n) is 17.6. The summed E-state index contributed by atoms with van der Waals surface area (Å²) in [5.41, 5.74) is 3.54. The van der Waals surface area contributed by atoms with Crippen LogP contribution in [0.3, 0.4) is 0 Å². The van der Waals surface area contributed by atoms with Gasteiger partial charge in [-0.15, -0.1) is 35.3 Å². The van der Waals surface area contributed by atoms with Crippen LogP contribution in [0, 0.1) is 0 Å². The average Bonchev–Trinajstić information content (AvgIpc) is 3.34. The molecular formula is C25H23IN4O2S. The van der Waals surface area contributed by atoms with E-state index in [4.69, 9.17) is 4.74 Å². The first kappa shape index (κ1) is 24.3. The second kappa shape index (κ2) is 12.6. The zero-order chi connectivity index (χ0) is 22.0. The van der Waals surface area contributed by atoms with Crippen LogP contribution in [-0.4, -0.2) is 18.9 Å². The highest BCUT2D eigenvalue weighted by Gasteiger charge is 2.04. The fraction of sp³-hybridized carbons (Fsp3) is 0.0400. The second-order valence-electron chi connectivity index (χ2n) is 6.78. The highest BCUT2D eigenvalue weighted by atomic mass is 127. The molecule has 0 bridgehead atoms. The fourth-order valence-corrected chi connectivity index (χ4v) is 3.40. The predicted molar refractivity (Wildman–Crippen MR) is 148 cm³/mol. The van der Waals surface area contributed by atoms with Crippen LogP contribution in [0.5, 0.6) is 5.75 Å². The first-order chi connectivity index (χ1) is 15.7. The minimum Gasteiger partial charge on any atom is -0.484 e. The Morgan fingerprint density at radius 1 is 0.818 bits per heavy atom. The number of thiophene rings is 1. The van der Waals surface area contributed by atoms with Gasteiger partial charge < -0.3 is 20.7 Å². The number of nitrogens with zero attached hydrogens (tertiary/aromatic N) is 1. The summed E-state index contributed by atoms with van der Waals surface area (Å²) >= 11 is 1.57. The van der Waals surface area contributed by atoms with E-state index in [0.717, 1.165) is 22.1 Å². The Balaban J connectivity index is 0.00000306. The molecule has 4 rings (SSSR count). The first-order valence-corrected chi connectivity index (χ1v) is 10.9. The lowest BCUT2D eigenvalue weighted by Gasteiger charge is -2.10. The molecule has 0 atom stereocenters. The lowest BCUT2D eigenvalue weighted by Crippen LogP contribution is -2.20. The van der Waals surface area contributed by atoms with Gasteiger partial charge in [-0.2, -0.15) is 0 Å². The van der Waals surface area contributed by atoms with Gasteiger partial charge in [0.2, 0.25) is 0 Å². The summed E-state index contributed by atoms with van der Waals surface area (Å²) in [4.78, 5) is 16.5. The van der Waals surface area contributed by atoms with Crippen LogP contribution in [0.1, 0.15) is 0 Å². The molecule has 0 aliphatic heterocycles. The quantitative estimate of drug-likeness (QED) is 0.116. The molecule has 0 aliphatic rings. The van der Waals surface area contributed by atoms with Crippen molar-refractivity contribution < 1.29 is 9.53 Å². The third-order valence-corrected chi connectivity index (χ3v) is 5.16. The van der Waals surface area contributed by atoms with Crippen molar-refractivity contribution in [1.29, 1.82) is 0 Å². The van der Waals surface area contributed by atoms with E-state index in [9.17, 15) is 4.79 Å².